The molecule has 1 aliphatic rings. The van der Waals surface area contributed by atoms with Crippen LogP contribution in [0, 0.1) is 0 Å². The second-order valence-corrected chi connectivity index (χ2v) is 5.87. The Morgan fingerprint density at radius 2 is 2.08 bits per heavy atom. The third kappa shape index (κ3) is 5.62. The molecule has 1 aliphatic heterocycles. The third-order valence-corrected chi connectivity index (χ3v) is 3.86. The van der Waals surface area contributed by atoms with Crippen LogP contribution in [0.1, 0.15) is 12.5 Å². The maximum Gasteiger partial charge on any atom is 0.217 e. The minimum absolute atomic E-state index is 0.0772. The highest BCUT2D eigenvalue weighted by molar-refractivity contribution is 5.73. The van der Waals surface area contributed by atoms with Crippen molar-refractivity contribution < 1.29 is 29.2 Å². The second kappa shape index (κ2) is 9.65. The Labute approximate surface area is 147 Å². The summed E-state index contributed by atoms with van der Waals surface area (Å²) >= 11 is 0. The van der Waals surface area contributed by atoms with Gasteiger partial charge in [0.2, 0.25) is 5.91 Å². The molecule has 5 atom stereocenters. The van der Waals surface area contributed by atoms with E-state index in [4.69, 9.17) is 14.2 Å². The van der Waals surface area contributed by atoms with Crippen molar-refractivity contribution in [3.63, 3.8) is 0 Å². The summed E-state index contributed by atoms with van der Waals surface area (Å²) < 4.78 is 16.6. The van der Waals surface area contributed by atoms with Gasteiger partial charge in [-0.2, -0.15) is 0 Å². The average Bonchev–Trinajstić information content (AvgIpc) is 2.59. The topological polar surface area (TPSA) is 97.2 Å². The van der Waals surface area contributed by atoms with Crippen LogP contribution in [0.4, 0.5) is 0 Å². The van der Waals surface area contributed by atoms with Crippen molar-refractivity contribution in [2.75, 3.05) is 13.2 Å². The van der Waals surface area contributed by atoms with E-state index in [1.807, 2.05) is 30.3 Å². The van der Waals surface area contributed by atoms with Gasteiger partial charge in [0.05, 0.1) is 19.8 Å². The van der Waals surface area contributed by atoms with Gasteiger partial charge in [-0.3, -0.25) is 4.79 Å². The van der Waals surface area contributed by atoms with Crippen molar-refractivity contribution >= 4 is 5.91 Å². The summed E-state index contributed by atoms with van der Waals surface area (Å²) in [6, 6.07) is 8.71. The van der Waals surface area contributed by atoms with Gasteiger partial charge in [0, 0.05) is 6.92 Å². The number of hydrogen-bond donors (Lipinski definition) is 3. The summed E-state index contributed by atoms with van der Waals surface area (Å²) in [7, 11) is 0. The zero-order valence-corrected chi connectivity index (χ0v) is 14.2. The fourth-order valence-electron chi connectivity index (χ4n) is 2.71. The molecule has 3 N–H and O–H groups in total. The van der Waals surface area contributed by atoms with Gasteiger partial charge >= 0.3 is 0 Å². The molecular weight excluding hydrogens is 326 g/mol. The summed E-state index contributed by atoms with van der Waals surface area (Å²) in [5.41, 5.74) is 0.990. The van der Waals surface area contributed by atoms with Crippen molar-refractivity contribution in [2.24, 2.45) is 0 Å². The van der Waals surface area contributed by atoms with E-state index in [0.717, 1.165) is 5.56 Å². The highest BCUT2D eigenvalue weighted by Crippen LogP contribution is 2.23. The SMILES string of the molecule is C=CCO[C@H]1[C@H](O)[C@@H](COCc2ccccc2)O[C@H](O)[C@@H]1NC(C)=O. The molecule has 0 radical (unpaired) electrons. The van der Waals surface area contributed by atoms with Gasteiger partial charge in [0.1, 0.15) is 24.4 Å². The van der Waals surface area contributed by atoms with Gasteiger partial charge in [-0.25, -0.2) is 0 Å². The van der Waals surface area contributed by atoms with Crippen LogP contribution in [0.25, 0.3) is 0 Å². The quantitative estimate of drug-likeness (QED) is 0.585. The van der Waals surface area contributed by atoms with E-state index in [-0.39, 0.29) is 19.1 Å². The molecule has 1 amide bonds. The van der Waals surface area contributed by atoms with Crippen molar-refractivity contribution in [3.05, 3.63) is 48.6 Å². The Hall–Kier alpha value is -1.77. The Morgan fingerprint density at radius 1 is 1.36 bits per heavy atom. The fourth-order valence-corrected chi connectivity index (χ4v) is 2.71. The highest BCUT2D eigenvalue weighted by atomic mass is 16.6. The zero-order chi connectivity index (χ0) is 18.2. The van der Waals surface area contributed by atoms with Crippen LogP contribution in [-0.4, -0.2) is 60.0 Å². The number of ether oxygens (including phenoxy) is 3. The van der Waals surface area contributed by atoms with E-state index < -0.39 is 30.6 Å². The Bertz CT molecular complexity index is 552. The van der Waals surface area contributed by atoms with E-state index >= 15 is 0 Å². The van der Waals surface area contributed by atoms with Crippen molar-refractivity contribution in [1.29, 1.82) is 0 Å². The van der Waals surface area contributed by atoms with E-state index in [2.05, 4.69) is 11.9 Å². The van der Waals surface area contributed by atoms with Crippen LogP contribution in [0.3, 0.4) is 0 Å². The van der Waals surface area contributed by atoms with Crippen LogP contribution in [-0.2, 0) is 25.6 Å². The summed E-state index contributed by atoms with van der Waals surface area (Å²) in [4.78, 5) is 11.3. The van der Waals surface area contributed by atoms with Gasteiger partial charge in [0.25, 0.3) is 0 Å². The number of aliphatic hydroxyl groups excluding tert-OH is 2. The number of rotatable bonds is 8. The lowest BCUT2D eigenvalue weighted by atomic mass is 9.96. The minimum Gasteiger partial charge on any atom is -0.388 e. The summed E-state index contributed by atoms with van der Waals surface area (Å²) in [6.07, 6.45) is -2.47. The van der Waals surface area contributed by atoms with Crippen molar-refractivity contribution in [1.82, 2.24) is 5.32 Å². The molecule has 1 aromatic carbocycles. The van der Waals surface area contributed by atoms with Crippen molar-refractivity contribution in [2.45, 2.75) is 44.2 Å². The predicted octanol–water partition coefficient (Wildman–Crippen LogP) is 0.357. The van der Waals surface area contributed by atoms with E-state index in [0.29, 0.717) is 6.61 Å². The normalized spacial score (nSPS) is 29.2. The van der Waals surface area contributed by atoms with Crippen molar-refractivity contribution in [3.8, 4) is 0 Å². The largest absolute Gasteiger partial charge is 0.388 e. The van der Waals surface area contributed by atoms with Crippen LogP contribution in [0.15, 0.2) is 43.0 Å². The molecule has 0 bridgehead atoms. The first-order valence-electron chi connectivity index (χ1n) is 8.15. The second-order valence-electron chi connectivity index (χ2n) is 5.87. The van der Waals surface area contributed by atoms with Gasteiger partial charge < -0.3 is 29.7 Å². The monoisotopic (exact) mass is 351 g/mol. The number of amides is 1. The lowest BCUT2D eigenvalue weighted by Crippen LogP contribution is -2.64. The first-order chi connectivity index (χ1) is 12.0. The Kier molecular flexibility index (Phi) is 7.54. The molecule has 1 heterocycles. The number of carbonyl (C=O) groups excluding carboxylic acids is 1. The van der Waals surface area contributed by atoms with E-state index in [1.54, 1.807) is 0 Å². The molecule has 0 aromatic heterocycles. The summed E-state index contributed by atoms with van der Waals surface area (Å²) in [6.45, 7) is 5.49. The average molecular weight is 351 g/mol. The molecule has 1 fully saturated rings. The molecule has 25 heavy (non-hydrogen) atoms. The zero-order valence-electron chi connectivity index (χ0n) is 14.2. The first kappa shape index (κ1) is 19.6. The Morgan fingerprint density at radius 3 is 2.72 bits per heavy atom. The predicted molar refractivity (Wildman–Crippen MR) is 90.5 cm³/mol. The van der Waals surface area contributed by atoms with Crippen LogP contribution in [0.2, 0.25) is 0 Å². The Balaban J connectivity index is 1.97. The molecule has 2 rings (SSSR count). The first-order valence-corrected chi connectivity index (χ1v) is 8.15. The number of nitrogens with one attached hydrogen (secondary N) is 1. The van der Waals surface area contributed by atoms with E-state index in [1.165, 1.54) is 13.0 Å². The van der Waals surface area contributed by atoms with Gasteiger partial charge in [-0.1, -0.05) is 36.4 Å². The summed E-state index contributed by atoms with van der Waals surface area (Å²) in [5, 5.41) is 23.3. The molecule has 7 heteroatoms. The molecule has 0 unspecified atom stereocenters. The molecule has 7 nitrogen and oxygen atoms in total. The van der Waals surface area contributed by atoms with E-state index in [9.17, 15) is 15.0 Å². The molecule has 0 spiro atoms. The number of aliphatic hydroxyl groups is 2. The van der Waals surface area contributed by atoms with Crippen LogP contribution >= 0.6 is 0 Å². The molecule has 138 valence electrons. The maximum atomic E-state index is 11.3. The van der Waals surface area contributed by atoms with Crippen LogP contribution < -0.4 is 5.32 Å². The molecule has 1 aromatic rings. The molecule has 0 saturated carbocycles. The standard InChI is InChI=1S/C18H25NO6/c1-3-9-24-17-15(19-12(2)20)18(22)25-14(16(17)21)11-23-10-13-7-5-4-6-8-13/h3-8,14-18,21-22H,1,9-11H2,2H3,(H,19,20)/t14-,15-,16-,17-,18+/m1/s1. The van der Waals surface area contributed by atoms with Gasteiger partial charge in [-0.15, -0.1) is 6.58 Å². The lowest BCUT2D eigenvalue weighted by Gasteiger charge is -2.42. The fraction of sp³-hybridized carbons (Fsp3) is 0.500. The minimum atomic E-state index is -1.31. The third-order valence-electron chi connectivity index (χ3n) is 3.86. The number of carbonyl (C=O) groups is 1. The van der Waals surface area contributed by atoms with Gasteiger partial charge in [-0.05, 0) is 5.56 Å². The maximum absolute atomic E-state index is 11.3. The molecule has 0 aliphatic carbocycles. The smallest absolute Gasteiger partial charge is 0.217 e. The number of benzene rings is 1. The number of hydrogen-bond acceptors (Lipinski definition) is 6. The lowest BCUT2D eigenvalue weighted by molar-refractivity contribution is -0.263. The molecular formula is C18H25NO6. The molecule has 1 saturated heterocycles. The summed E-state index contributed by atoms with van der Waals surface area (Å²) in [5.74, 6) is -0.356. The van der Waals surface area contributed by atoms with Crippen LogP contribution in [0.5, 0.6) is 0 Å². The highest BCUT2D eigenvalue weighted by Gasteiger charge is 2.45. The van der Waals surface area contributed by atoms with Gasteiger partial charge in [0.15, 0.2) is 6.29 Å².